The van der Waals surface area contributed by atoms with Gasteiger partial charge in [0.15, 0.2) is 0 Å². The van der Waals surface area contributed by atoms with Gasteiger partial charge < -0.3 is 9.16 Å². The molecule has 0 fully saturated rings. The fourth-order valence-electron chi connectivity index (χ4n) is 2.44. The van der Waals surface area contributed by atoms with Gasteiger partial charge in [0.25, 0.3) is 8.32 Å². The molecule has 2 rings (SSSR count). The fraction of sp³-hybridized carbons (Fsp3) is 0.385. The molecule has 32 heavy (non-hydrogen) atoms. The summed E-state index contributed by atoms with van der Waals surface area (Å²) in [6.07, 6.45) is -0.593. The number of benzene rings is 2. The molecule has 0 radical (unpaired) electrons. The number of hydrogen-bond donors (Lipinski definition) is 1. The van der Waals surface area contributed by atoms with Crippen molar-refractivity contribution < 1.29 is 18.8 Å². The Morgan fingerprint density at radius 1 is 0.938 bits per heavy atom. The van der Waals surface area contributed by atoms with Crippen LogP contribution in [-0.2, 0) is 4.74 Å². The molecular weight excluding hydrogens is 418 g/mol. The zero-order chi connectivity index (χ0) is 24.2. The van der Waals surface area contributed by atoms with Crippen molar-refractivity contribution in [1.82, 2.24) is 0 Å². The Balaban J connectivity index is 2.42. The maximum absolute atomic E-state index is 13.1. The van der Waals surface area contributed by atoms with E-state index in [9.17, 15) is 9.59 Å². The number of ketones is 1. The largest absolute Gasteiger partial charge is 0.543 e. The minimum absolute atomic E-state index is 0.0452. The number of amides is 1. The lowest BCUT2D eigenvalue weighted by Crippen LogP contribution is -2.44. The summed E-state index contributed by atoms with van der Waals surface area (Å²) in [6.45, 7) is 16.0. The van der Waals surface area contributed by atoms with Gasteiger partial charge in [-0.3, -0.25) is 10.1 Å². The Hall–Kier alpha value is -3.04. The average molecular weight is 452 g/mol. The van der Waals surface area contributed by atoms with E-state index in [1.54, 1.807) is 39.0 Å². The van der Waals surface area contributed by atoms with Gasteiger partial charge in [-0.2, -0.15) is 0 Å². The van der Waals surface area contributed by atoms with Gasteiger partial charge in [-0.05, 0) is 75.2 Å². The van der Waals surface area contributed by atoms with Crippen molar-refractivity contribution in [2.45, 2.75) is 65.3 Å². The third-order valence-electron chi connectivity index (χ3n) is 5.13. The summed E-state index contributed by atoms with van der Waals surface area (Å²) in [6, 6.07) is 14.3. The molecule has 0 spiro atoms. The Morgan fingerprint density at radius 2 is 1.56 bits per heavy atom. The minimum Gasteiger partial charge on any atom is -0.543 e. The molecule has 1 amide bonds. The zero-order valence-electron chi connectivity index (χ0n) is 20.3. The number of rotatable bonds is 4. The average Bonchev–Trinajstić information content (AvgIpc) is 2.65. The van der Waals surface area contributed by atoms with E-state index in [-0.39, 0.29) is 10.8 Å². The van der Waals surface area contributed by atoms with Crippen molar-refractivity contribution >= 4 is 25.9 Å². The standard InChI is InChI=1S/C26H33NO4Si/c1-25(2,3)30-24(29)27-20-15-17-23(31-32(7,8)26(4,5)6)21(18-20)22(28)16-14-19-12-10-9-11-13-19/h9-13,15,17-18H,1-8H3,(H,27,29). The van der Waals surface area contributed by atoms with E-state index in [2.05, 4.69) is 51.0 Å². The lowest BCUT2D eigenvalue weighted by Gasteiger charge is -2.36. The highest BCUT2D eigenvalue weighted by Gasteiger charge is 2.39. The molecular formula is C26H33NO4Si. The van der Waals surface area contributed by atoms with E-state index in [1.165, 1.54) is 0 Å². The molecule has 1 N–H and O–H groups in total. The van der Waals surface area contributed by atoms with Crippen LogP contribution in [0.15, 0.2) is 48.5 Å². The van der Waals surface area contributed by atoms with E-state index >= 15 is 0 Å². The predicted octanol–water partition coefficient (Wildman–Crippen LogP) is 6.65. The van der Waals surface area contributed by atoms with Crippen molar-refractivity contribution in [3.05, 3.63) is 59.7 Å². The zero-order valence-corrected chi connectivity index (χ0v) is 21.3. The van der Waals surface area contributed by atoms with Crippen molar-refractivity contribution in [1.29, 1.82) is 0 Å². The molecule has 0 aliphatic carbocycles. The summed E-state index contributed by atoms with van der Waals surface area (Å²) < 4.78 is 11.7. The van der Waals surface area contributed by atoms with Gasteiger partial charge >= 0.3 is 6.09 Å². The van der Waals surface area contributed by atoms with E-state index in [1.807, 2.05) is 30.3 Å². The van der Waals surface area contributed by atoms with Gasteiger partial charge in [0.1, 0.15) is 11.4 Å². The summed E-state index contributed by atoms with van der Waals surface area (Å²) in [5, 5.41) is 2.64. The summed E-state index contributed by atoms with van der Waals surface area (Å²) in [5.41, 5.74) is 0.865. The molecule has 2 aromatic carbocycles. The van der Waals surface area contributed by atoms with Crippen LogP contribution >= 0.6 is 0 Å². The van der Waals surface area contributed by atoms with Crippen LogP contribution in [-0.4, -0.2) is 25.8 Å². The van der Waals surface area contributed by atoms with E-state index < -0.39 is 20.0 Å². The van der Waals surface area contributed by atoms with Crippen LogP contribution in [0.2, 0.25) is 18.1 Å². The van der Waals surface area contributed by atoms with E-state index in [0.717, 1.165) is 5.56 Å². The Bertz CT molecular complexity index is 1040. The van der Waals surface area contributed by atoms with Crippen LogP contribution in [0.4, 0.5) is 10.5 Å². The molecule has 0 saturated heterocycles. The summed E-state index contributed by atoms with van der Waals surface area (Å²) in [7, 11) is -2.20. The Kier molecular flexibility index (Phi) is 7.58. The predicted molar refractivity (Wildman–Crippen MR) is 132 cm³/mol. The molecule has 0 heterocycles. The van der Waals surface area contributed by atoms with E-state index in [4.69, 9.17) is 9.16 Å². The summed E-state index contributed by atoms with van der Waals surface area (Å²) in [5.74, 6) is 5.69. The Labute approximate surface area is 192 Å². The number of carbonyl (C=O) groups is 2. The van der Waals surface area contributed by atoms with E-state index in [0.29, 0.717) is 17.0 Å². The number of Topliss-reactive ketones (excluding diaryl/α,β-unsaturated/α-hetero) is 1. The van der Waals surface area contributed by atoms with Gasteiger partial charge in [-0.1, -0.05) is 44.9 Å². The third-order valence-corrected chi connectivity index (χ3v) is 9.48. The third kappa shape index (κ3) is 7.28. The second-order valence-corrected chi connectivity index (χ2v) is 14.9. The maximum Gasteiger partial charge on any atom is 0.412 e. The van der Waals surface area contributed by atoms with Crippen molar-refractivity contribution in [3.8, 4) is 17.6 Å². The van der Waals surface area contributed by atoms with Crippen LogP contribution < -0.4 is 9.74 Å². The van der Waals surface area contributed by atoms with Crippen molar-refractivity contribution in [2.24, 2.45) is 0 Å². The maximum atomic E-state index is 13.1. The minimum atomic E-state index is -2.20. The first-order chi connectivity index (χ1) is 14.7. The van der Waals surface area contributed by atoms with Crippen LogP contribution in [0, 0.1) is 11.8 Å². The van der Waals surface area contributed by atoms with Crippen molar-refractivity contribution in [3.63, 3.8) is 0 Å². The van der Waals surface area contributed by atoms with Gasteiger partial charge in [0.2, 0.25) is 5.78 Å². The van der Waals surface area contributed by atoms with Crippen LogP contribution in [0.25, 0.3) is 0 Å². The summed E-state index contributed by atoms with van der Waals surface area (Å²) in [4.78, 5) is 25.3. The highest BCUT2D eigenvalue weighted by molar-refractivity contribution is 6.74. The molecule has 0 unspecified atom stereocenters. The lowest BCUT2D eigenvalue weighted by molar-refractivity contribution is 0.0635. The first kappa shape index (κ1) is 25.2. The molecule has 2 aromatic rings. The smallest absolute Gasteiger partial charge is 0.412 e. The highest BCUT2D eigenvalue weighted by atomic mass is 28.4. The van der Waals surface area contributed by atoms with Crippen LogP contribution in [0.1, 0.15) is 57.5 Å². The van der Waals surface area contributed by atoms with Crippen molar-refractivity contribution in [2.75, 3.05) is 5.32 Å². The molecule has 0 aliphatic rings. The number of carbonyl (C=O) groups excluding carboxylic acids is 2. The molecule has 0 aromatic heterocycles. The molecule has 0 bridgehead atoms. The first-order valence-corrected chi connectivity index (χ1v) is 13.5. The number of anilines is 1. The Morgan fingerprint density at radius 3 is 2.12 bits per heavy atom. The highest BCUT2D eigenvalue weighted by Crippen LogP contribution is 2.38. The quantitative estimate of drug-likeness (QED) is 0.321. The lowest BCUT2D eigenvalue weighted by atomic mass is 10.1. The van der Waals surface area contributed by atoms with Gasteiger partial charge in [-0.25, -0.2) is 4.79 Å². The second-order valence-electron chi connectivity index (χ2n) is 10.1. The molecule has 170 valence electrons. The van der Waals surface area contributed by atoms with Gasteiger partial charge in [-0.15, -0.1) is 0 Å². The number of nitrogens with one attached hydrogen (secondary N) is 1. The van der Waals surface area contributed by atoms with Gasteiger partial charge in [0.05, 0.1) is 5.56 Å². The monoisotopic (exact) mass is 451 g/mol. The fourth-order valence-corrected chi connectivity index (χ4v) is 3.48. The SMILES string of the molecule is CC(C)(C)OC(=O)Nc1ccc(O[Si](C)(C)C(C)(C)C)c(C(=O)C#Cc2ccccc2)c1. The normalized spacial score (nSPS) is 11.8. The van der Waals surface area contributed by atoms with Gasteiger partial charge in [0, 0.05) is 11.3 Å². The summed E-state index contributed by atoms with van der Waals surface area (Å²) >= 11 is 0. The number of hydrogen-bond acceptors (Lipinski definition) is 4. The molecule has 0 atom stereocenters. The topological polar surface area (TPSA) is 64.6 Å². The molecule has 0 saturated carbocycles. The first-order valence-electron chi connectivity index (χ1n) is 10.6. The van der Waals surface area contributed by atoms with Crippen LogP contribution in [0.3, 0.4) is 0 Å². The van der Waals surface area contributed by atoms with Crippen LogP contribution in [0.5, 0.6) is 5.75 Å². The second kappa shape index (κ2) is 9.62. The molecule has 5 nitrogen and oxygen atoms in total. The number of ether oxygens (including phenoxy) is 1. The molecule has 0 aliphatic heterocycles. The molecule has 6 heteroatoms.